The topological polar surface area (TPSA) is 20.2 Å². The molecule has 0 heterocycles. The van der Waals surface area contributed by atoms with E-state index in [1.54, 1.807) is 0 Å². The Bertz CT molecular complexity index is 1010. The zero-order valence-corrected chi connectivity index (χ0v) is 19.4. The molecule has 0 saturated heterocycles. The first kappa shape index (κ1) is 19.5. The SMILES string of the molecule is C[CH]=[Zr]([Cl])([Cl])([CH]1C=Cc2ccccc21)[CH]1C(CCCO)=Cc2ccccc21. The molecule has 2 unspecified atom stereocenters. The Kier molecular flexibility index (Phi) is 5.23. The molecule has 2 atom stereocenters. The Morgan fingerprint density at radius 1 is 1.00 bits per heavy atom. The third-order valence-electron chi connectivity index (χ3n) is 6.14. The number of allylic oxidation sites excluding steroid dienone is 2. The molecule has 2 aromatic rings. The van der Waals surface area contributed by atoms with Gasteiger partial charge in [-0.1, -0.05) is 0 Å². The molecule has 0 saturated carbocycles. The van der Waals surface area contributed by atoms with Crippen molar-refractivity contribution < 1.29 is 21.0 Å². The van der Waals surface area contributed by atoms with E-state index in [-0.39, 0.29) is 13.9 Å². The molecule has 2 aliphatic rings. The fraction of sp³-hybridized carbons (Fsp3) is 0.261. The molecule has 140 valence electrons. The molecule has 4 rings (SSSR count). The van der Waals surface area contributed by atoms with Crippen LogP contribution in [0.2, 0.25) is 0 Å². The number of benzene rings is 2. The second-order valence-electron chi connectivity index (χ2n) is 7.59. The summed E-state index contributed by atoms with van der Waals surface area (Å²) < 4.78 is 2.27. The molecule has 2 aromatic carbocycles. The third-order valence-corrected chi connectivity index (χ3v) is 25.3. The summed E-state index contributed by atoms with van der Waals surface area (Å²) in [6.07, 6.45) is 8.20. The second kappa shape index (κ2) is 7.23. The molecule has 1 N–H and O–H groups in total. The minimum atomic E-state index is -4.52. The van der Waals surface area contributed by atoms with Crippen LogP contribution in [0.1, 0.15) is 49.3 Å². The van der Waals surface area contributed by atoms with Crippen LogP contribution in [0.5, 0.6) is 0 Å². The van der Waals surface area contributed by atoms with Gasteiger partial charge in [0, 0.05) is 0 Å². The van der Waals surface area contributed by atoms with Gasteiger partial charge >= 0.3 is 170 Å². The van der Waals surface area contributed by atoms with Crippen LogP contribution in [0.4, 0.5) is 0 Å². The maximum atomic E-state index is 9.40. The van der Waals surface area contributed by atoms with E-state index in [0.29, 0.717) is 0 Å². The van der Waals surface area contributed by atoms with Gasteiger partial charge in [-0.25, -0.2) is 0 Å². The van der Waals surface area contributed by atoms with Crippen LogP contribution in [0.25, 0.3) is 12.2 Å². The predicted octanol–water partition coefficient (Wildman–Crippen LogP) is 6.48. The van der Waals surface area contributed by atoms with Gasteiger partial charge in [0.1, 0.15) is 0 Å². The minimum absolute atomic E-state index is 0.0447. The summed E-state index contributed by atoms with van der Waals surface area (Å²) in [6, 6.07) is 16.9. The molecule has 0 aliphatic heterocycles. The molecule has 0 fully saturated rings. The van der Waals surface area contributed by atoms with Gasteiger partial charge in [-0.15, -0.1) is 0 Å². The van der Waals surface area contributed by atoms with Crippen molar-refractivity contribution in [2.75, 3.05) is 6.61 Å². The molecule has 0 bridgehead atoms. The first-order valence-electron chi connectivity index (χ1n) is 9.54. The van der Waals surface area contributed by atoms with Gasteiger partial charge in [0.25, 0.3) is 0 Å². The monoisotopic (exact) mass is 476 g/mol. The van der Waals surface area contributed by atoms with Crippen molar-refractivity contribution in [3.63, 3.8) is 0 Å². The number of aliphatic hydroxyl groups excluding tert-OH is 1. The molecular weight excluding hydrogens is 454 g/mol. The van der Waals surface area contributed by atoms with E-state index in [9.17, 15) is 5.11 Å². The summed E-state index contributed by atoms with van der Waals surface area (Å²) in [5.41, 5.74) is 6.21. The molecule has 0 aromatic heterocycles. The summed E-state index contributed by atoms with van der Waals surface area (Å²) >= 11 is -4.52. The van der Waals surface area contributed by atoms with E-state index in [1.165, 1.54) is 27.8 Å². The van der Waals surface area contributed by atoms with E-state index >= 15 is 0 Å². The molecule has 0 radical (unpaired) electrons. The molecule has 0 amide bonds. The molecular formula is C23H24Cl2OZr. The van der Waals surface area contributed by atoms with E-state index in [0.717, 1.165) is 12.8 Å². The number of hydrogen-bond acceptors (Lipinski definition) is 1. The Morgan fingerprint density at radius 3 is 2.37 bits per heavy atom. The van der Waals surface area contributed by atoms with Crippen molar-refractivity contribution in [2.24, 2.45) is 0 Å². The zero-order valence-electron chi connectivity index (χ0n) is 15.4. The number of aliphatic hydroxyl groups is 1. The summed E-state index contributed by atoms with van der Waals surface area (Å²) in [5.74, 6) is 0. The van der Waals surface area contributed by atoms with Crippen molar-refractivity contribution in [3.05, 3.63) is 82.4 Å². The first-order chi connectivity index (χ1) is 13.0. The van der Waals surface area contributed by atoms with E-state index < -0.39 is 15.9 Å². The van der Waals surface area contributed by atoms with E-state index in [2.05, 4.69) is 70.5 Å². The van der Waals surface area contributed by atoms with Crippen LogP contribution in [-0.4, -0.2) is 15.4 Å². The fourth-order valence-corrected chi connectivity index (χ4v) is 20.3. The molecule has 4 heteroatoms. The van der Waals surface area contributed by atoms with E-state index in [1.807, 2.05) is 6.92 Å². The van der Waals surface area contributed by atoms with Crippen LogP contribution in [0.3, 0.4) is 0 Å². The molecule has 1 nitrogen and oxygen atoms in total. The van der Waals surface area contributed by atoms with Crippen molar-refractivity contribution in [2.45, 2.75) is 27.0 Å². The first-order valence-corrected chi connectivity index (χ1v) is 20.1. The fourth-order valence-electron chi connectivity index (χ4n) is 4.80. The number of rotatable bonds is 5. The number of fused-ring (bicyclic) bond motifs is 2. The summed E-state index contributed by atoms with van der Waals surface area (Å²) in [4.78, 5) is 0. The Morgan fingerprint density at radius 2 is 1.67 bits per heavy atom. The summed E-state index contributed by atoms with van der Waals surface area (Å²) in [5, 5.41) is 9.40. The van der Waals surface area contributed by atoms with Crippen molar-refractivity contribution in [1.29, 1.82) is 0 Å². The number of hydrogen-bond donors (Lipinski definition) is 1. The molecule has 2 aliphatic carbocycles. The van der Waals surface area contributed by atoms with Crippen LogP contribution in [0, 0.1) is 0 Å². The van der Waals surface area contributed by atoms with Crippen LogP contribution >= 0.6 is 17.0 Å². The van der Waals surface area contributed by atoms with Gasteiger partial charge in [-0.05, 0) is 0 Å². The third kappa shape index (κ3) is 3.10. The van der Waals surface area contributed by atoms with Gasteiger partial charge in [-0.3, -0.25) is 0 Å². The average Bonchev–Trinajstić information content (AvgIpc) is 3.29. The van der Waals surface area contributed by atoms with Crippen molar-refractivity contribution in [1.82, 2.24) is 0 Å². The zero-order chi connectivity index (χ0) is 19.1. The average molecular weight is 479 g/mol. The quantitative estimate of drug-likeness (QED) is 0.521. The van der Waals surface area contributed by atoms with Crippen molar-refractivity contribution in [3.8, 4) is 0 Å². The standard InChI is InChI=1S/C12H13O.C9H7.C2H4.2ClH.Zr/c13-7-3-4-10-8-11-5-1-2-6-12(11)9-10;1-2-5-9-7-3-6-8(9)4-1;1-2;;;/h1-2,5-6,8-9,13H,3-4,7H2;1-7H;1H,2H3;2*1H;/q;;;;;+2/p-2. The molecule has 0 spiro atoms. The van der Waals surface area contributed by atoms with Gasteiger partial charge < -0.3 is 0 Å². The van der Waals surface area contributed by atoms with Crippen molar-refractivity contribution >= 4 is 32.9 Å². The van der Waals surface area contributed by atoms with Gasteiger partial charge in [-0.2, -0.15) is 0 Å². The maximum absolute atomic E-state index is 9.40. The summed E-state index contributed by atoms with van der Waals surface area (Å²) in [7, 11) is 15.4. The normalized spacial score (nSPS) is 21.0. The van der Waals surface area contributed by atoms with Gasteiger partial charge in [0.15, 0.2) is 0 Å². The predicted molar refractivity (Wildman–Crippen MR) is 115 cm³/mol. The Hall–Kier alpha value is -0.787. The van der Waals surface area contributed by atoms with Gasteiger partial charge in [0.2, 0.25) is 0 Å². The Balaban J connectivity index is 1.90. The summed E-state index contributed by atoms with van der Waals surface area (Å²) in [6.45, 7) is 2.22. The number of halogens is 2. The second-order valence-corrected chi connectivity index (χ2v) is 29.1. The van der Waals surface area contributed by atoms with E-state index in [4.69, 9.17) is 17.0 Å². The van der Waals surface area contributed by atoms with Gasteiger partial charge in [0.05, 0.1) is 0 Å². The molecule has 27 heavy (non-hydrogen) atoms. The van der Waals surface area contributed by atoms with Crippen LogP contribution in [-0.2, 0) is 15.9 Å². The van der Waals surface area contributed by atoms with Crippen LogP contribution in [0.15, 0.2) is 60.2 Å². The Labute approximate surface area is 169 Å². The van der Waals surface area contributed by atoms with Crippen LogP contribution < -0.4 is 0 Å².